The summed E-state index contributed by atoms with van der Waals surface area (Å²) in [4.78, 5) is 22.1. The normalized spacial score (nSPS) is 18.7. The van der Waals surface area contributed by atoms with Crippen molar-refractivity contribution in [2.24, 2.45) is 5.92 Å². The molecule has 0 aromatic carbocycles. The fourth-order valence-corrected chi connectivity index (χ4v) is 1.63. The fourth-order valence-electron chi connectivity index (χ4n) is 1.63. The molecule has 2 N–H and O–H groups in total. The van der Waals surface area contributed by atoms with E-state index in [2.05, 4.69) is 15.4 Å². The van der Waals surface area contributed by atoms with Crippen LogP contribution in [0.4, 0.5) is 0 Å². The van der Waals surface area contributed by atoms with Gasteiger partial charge in [0.25, 0.3) is 0 Å². The number of esters is 1. The molecule has 0 spiro atoms. The van der Waals surface area contributed by atoms with Gasteiger partial charge in [0, 0.05) is 13.0 Å². The first-order valence-electron chi connectivity index (χ1n) is 5.26. The Morgan fingerprint density at radius 2 is 2.25 bits per heavy atom. The Bertz CT molecular complexity index is 230. The van der Waals surface area contributed by atoms with Gasteiger partial charge in [-0.3, -0.25) is 9.59 Å². The molecular formula is C10H19ClN2O3. The summed E-state index contributed by atoms with van der Waals surface area (Å²) in [7, 11) is 1.34. The van der Waals surface area contributed by atoms with Crippen LogP contribution in [0.15, 0.2) is 0 Å². The van der Waals surface area contributed by atoms with E-state index in [1.54, 1.807) is 0 Å². The Morgan fingerprint density at radius 1 is 1.50 bits per heavy atom. The number of carbonyl (C=O) groups is 2. The van der Waals surface area contributed by atoms with Crippen molar-refractivity contribution < 1.29 is 14.3 Å². The van der Waals surface area contributed by atoms with Gasteiger partial charge in [-0.05, 0) is 25.4 Å². The molecule has 5 nitrogen and oxygen atoms in total. The smallest absolute Gasteiger partial charge is 0.307 e. The van der Waals surface area contributed by atoms with Crippen molar-refractivity contribution in [2.45, 2.75) is 19.3 Å². The van der Waals surface area contributed by atoms with Crippen molar-refractivity contribution in [3.63, 3.8) is 0 Å². The highest BCUT2D eigenvalue weighted by atomic mass is 35.5. The van der Waals surface area contributed by atoms with Crippen LogP contribution in [-0.4, -0.2) is 38.6 Å². The molecule has 6 heteroatoms. The van der Waals surface area contributed by atoms with Crippen molar-refractivity contribution >= 4 is 24.3 Å². The van der Waals surface area contributed by atoms with Gasteiger partial charge in [0.05, 0.1) is 13.5 Å². The first-order valence-corrected chi connectivity index (χ1v) is 5.26. The highest BCUT2D eigenvalue weighted by Crippen LogP contribution is 2.11. The average molecular weight is 251 g/mol. The second-order valence-electron chi connectivity index (χ2n) is 3.74. The summed E-state index contributed by atoms with van der Waals surface area (Å²) >= 11 is 0. The highest BCUT2D eigenvalue weighted by Gasteiger charge is 2.17. The monoisotopic (exact) mass is 250 g/mol. The zero-order chi connectivity index (χ0) is 11.1. The molecule has 0 saturated carbocycles. The Morgan fingerprint density at radius 3 is 2.81 bits per heavy atom. The van der Waals surface area contributed by atoms with E-state index < -0.39 is 0 Å². The average Bonchev–Trinajstić information content (AvgIpc) is 2.70. The SMILES string of the molecule is COC(=O)CCNC(=O)CC1CCNC1.Cl. The molecule has 1 saturated heterocycles. The van der Waals surface area contributed by atoms with E-state index >= 15 is 0 Å². The van der Waals surface area contributed by atoms with Crippen LogP contribution in [0.25, 0.3) is 0 Å². The van der Waals surface area contributed by atoms with Gasteiger partial charge in [0.2, 0.25) is 5.91 Å². The van der Waals surface area contributed by atoms with Gasteiger partial charge in [0.15, 0.2) is 0 Å². The number of ether oxygens (including phenoxy) is 1. The molecule has 1 aliphatic heterocycles. The van der Waals surface area contributed by atoms with Crippen LogP contribution < -0.4 is 10.6 Å². The predicted octanol–water partition coefficient (Wildman–Crippen LogP) is 0.0871. The van der Waals surface area contributed by atoms with E-state index in [0.29, 0.717) is 18.9 Å². The molecule has 0 aromatic heterocycles. The van der Waals surface area contributed by atoms with E-state index in [1.807, 2.05) is 0 Å². The summed E-state index contributed by atoms with van der Waals surface area (Å²) in [6.07, 6.45) is 1.85. The molecule has 1 amide bonds. The van der Waals surface area contributed by atoms with Gasteiger partial charge in [-0.25, -0.2) is 0 Å². The zero-order valence-electron chi connectivity index (χ0n) is 9.45. The molecule has 0 bridgehead atoms. The number of amides is 1. The van der Waals surface area contributed by atoms with Crippen molar-refractivity contribution in [3.05, 3.63) is 0 Å². The van der Waals surface area contributed by atoms with Crippen molar-refractivity contribution in [2.75, 3.05) is 26.7 Å². The minimum Gasteiger partial charge on any atom is -0.469 e. The zero-order valence-corrected chi connectivity index (χ0v) is 10.3. The Hall–Kier alpha value is -0.810. The number of methoxy groups -OCH3 is 1. The molecular weight excluding hydrogens is 232 g/mol. The molecule has 1 atom stereocenters. The Balaban J connectivity index is 0.00000225. The van der Waals surface area contributed by atoms with Crippen LogP contribution in [0, 0.1) is 5.92 Å². The standard InChI is InChI=1S/C10H18N2O3.ClH/c1-15-10(14)3-5-12-9(13)6-8-2-4-11-7-8;/h8,11H,2-7H2,1H3,(H,12,13);1H. The van der Waals surface area contributed by atoms with E-state index in [4.69, 9.17) is 0 Å². The number of halogens is 1. The van der Waals surface area contributed by atoms with E-state index in [9.17, 15) is 9.59 Å². The van der Waals surface area contributed by atoms with Gasteiger partial charge < -0.3 is 15.4 Å². The number of hydrogen-bond acceptors (Lipinski definition) is 4. The maximum Gasteiger partial charge on any atom is 0.307 e. The number of rotatable bonds is 5. The Labute approximate surface area is 102 Å². The number of nitrogens with one attached hydrogen (secondary N) is 2. The summed E-state index contributed by atoms with van der Waals surface area (Å²) in [5.74, 6) is 0.175. The maximum atomic E-state index is 11.4. The molecule has 94 valence electrons. The minimum absolute atomic E-state index is 0. The van der Waals surface area contributed by atoms with Crippen LogP contribution in [0.1, 0.15) is 19.3 Å². The molecule has 16 heavy (non-hydrogen) atoms. The molecule has 0 aliphatic carbocycles. The third-order valence-corrected chi connectivity index (χ3v) is 2.52. The van der Waals surface area contributed by atoms with Gasteiger partial charge >= 0.3 is 5.97 Å². The molecule has 0 aromatic rings. The molecule has 1 fully saturated rings. The van der Waals surface area contributed by atoms with Gasteiger partial charge in [-0.1, -0.05) is 0 Å². The molecule has 1 heterocycles. The highest BCUT2D eigenvalue weighted by molar-refractivity contribution is 5.85. The quantitative estimate of drug-likeness (QED) is 0.679. The summed E-state index contributed by atoms with van der Waals surface area (Å²) in [5.41, 5.74) is 0. The fraction of sp³-hybridized carbons (Fsp3) is 0.800. The summed E-state index contributed by atoms with van der Waals surface area (Å²) in [5, 5.41) is 5.91. The van der Waals surface area contributed by atoms with E-state index in [-0.39, 0.29) is 30.7 Å². The lowest BCUT2D eigenvalue weighted by Crippen LogP contribution is -2.28. The lowest BCUT2D eigenvalue weighted by atomic mass is 10.0. The maximum absolute atomic E-state index is 11.4. The first-order chi connectivity index (χ1) is 7.22. The van der Waals surface area contributed by atoms with Crippen molar-refractivity contribution in [1.29, 1.82) is 0 Å². The first kappa shape index (κ1) is 15.2. The summed E-state index contributed by atoms with van der Waals surface area (Å²) in [6.45, 7) is 2.29. The lowest BCUT2D eigenvalue weighted by Gasteiger charge is -2.08. The van der Waals surface area contributed by atoms with Crippen LogP contribution in [0.3, 0.4) is 0 Å². The van der Waals surface area contributed by atoms with E-state index in [1.165, 1.54) is 7.11 Å². The largest absolute Gasteiger partial charge is 0.469 e. The molecule has 1 unspecified atom stereocenters. The molecule has 1 aliphatic rings. The Kier molecular flexibility index (Phi) is 7.93. The topological polar surface area (TPSA) is 67.4 Å². The predicted molar refractivity (Wildman–Crippen MR) is 62.5 cm³/mol. The second-order valence-corrected chi connectivity index (χ2v) is 3.74. The minimum atomic E-state index is -0.294. The van der Waals surface area contributed by atoms with E-state index in [0.717, 1.165) is 19.5 Å². The van der Waals surface area contributed by atoms with Crippen LogP contribution in [0.2, 0.25) is 0 Å². The third kappa shape index (κ3) is 5.92. The third-order valence-electron chi connectivity index (χ3n) is 2.52. The summed E-state index contributed by atoms with van der Waals surface area (Å²) < 4.78 is 4.47. The van der Waals surface area contributed by atoms with Gasteiger partial charge in [-0.2, -0.15) is 0 Å². The van der Waals surface area contributed by atoms with Crippen LogP contribution in [-0.2, 0) is 14.3 Å². The number of hydrogen-bond donors (Lipinski definition) is 2. The van der Waals surface area contributed by atoms with Crippen molar-refractivity contribution in [1.82, 2.24) is 10.6 Å². The number of carbonyl (C=O) groups excluding carboxylic acids is 2. The van der Waals surface area contributed by atoms with Gasteiger partial charge in [0.1, 0.15) is 0 Å². The second kappa shape index (κ2) is 8.35. The van der Waals surface area contributed by atoms with Crippen molar-refractivity contribution in [3.8, 4) is 0 Å². The molecule has 0 radical (unpaired) electrons. The van der Waals surface area contributed by atoms with Crippen LogP contribution >= 0.6 is 12.4 Å². The molecule has 1 rings (SSSR count). The lowest BCUT2D eigenvalue weighted by molar-refractivity contribution is -0.140. The van der Waals surface area contributed by atoms with Gasteiger partial charge in [-0.15, -0.1) is 12.4 Å². The van der Waals surface area contributed by atoms with Crippen LogP contribution in [0.5, 0.6) is 0 Å². The summed E-state index contributed by atoms with van der Waals surface area (Å²) in [6, 6.07) is 0.